The van der Waals surface area contributed by atoms with Crippen molar-refractivity contribution in [1.82, 2.24) is 4.98 Å². The molecule has 0 saturated carbocycles. The van der Waals surface area contributed by atoms with Crippen molar-refractivity contribution in [2.75, 3.05) is 0 Å². The molecule has 0 aliphatic heterocycles. The normalized spacial score (nSPS) is 10.5. The van der Waals surface area contributed by atoms with E-state index in [2.05, 4.69) is 4.98 Å². The highest BCUT2D eigenvalue weighted by Crippen LogP contribution is 2.16. The van der Waals surface area contributed by atoms with Crippen molar-refractivity contribution < 1.29 is 0 Å². The summed E-state index contributed by atoms with van der Waals surface area (Å²) in [6, 6.07) is 11.8. The molecule has 0 fully saturated rings. The van der Waals surface area contributed by atoms with Crippen LogP contribution in [0.5, 0.6) is 0 Å². The lowest BCUT2D eigenvalue weighted by Crippen LogP contribution is -1.81. The van der Waals surface area contributed by atoms with Crippen LogP contribution < -0.4 is 0 Å². The minimum Gasteiger partial charge on any atom is -0.256 e. The van der Waals surface area contributed by atoms with Gasteiger partial charge in [0.15, 0.2) is 0 Å². The highest BCUT2D eigenvalue weighted by molar-refractivity contribution is 5.87. The van der Waals surface area contributed by atoms with Crippen molar-refractivity contribution in [2.45, 2.75) is 0 Å². The fourth-order valence-electron chi connectivity index (χ4n) is 1.39. The summed E-state index contributed by atoms with van der Waals surface area (Å²) in [6.07, 6.45) is 4.99. The second kappa shape index (κ2) is 3.71. The van der Waals surface area contributed by atoms with Crippen molar-refractivity contribution in [3.8, 4) is 6.07 Å². The first kappa shape index (κ1) is 8.46. The van der Waals surface area contributed by atoms with Crippen LogP contribution >= 0.6 is 0 Å². The molecule has 1 heterocycles. The number of nitriles is 1. The van der Waals surface area contributed by atoms with Crippen LogP contribution in [0.4, 0.5) is 0 Å². The quantitative estimate of drug-likeness (QED) is 0.633. The van der Waals surface area contributed by atoms with Crippen LogP contribution in [0.3, 0.4) is 0 Å². The zero-order chi connectivity index (χ0) is 9.80. The number of pyridine rings is 1. The van der Waals surface area contributed by atoms with Gasteiger partial charge in [-0.2, -0.15) is 5.26 Å². The molecule has 14 heavy (non-hydrogen) atoms. The predicted molar refractivity (Wildman–Crippen MR) is 56.4 cm³/mol. The van der Waals surface area contributed by atoms with Gasteiger partial charge in [-0.3, -0.25) is 4.98 Å². The molecule has 0 amide bonds. The van der Waals surface area contributed by atoms with Gasteiger partial charge in [0.25, 0.3) is 0 Å². The molecule has 2 aromatic rings. The van der Waals surface area contributed by atoms with E-state index < -0.39 is 0 Å². The molecule has 2 heteroatoms. The molecule has 0 aliphatic carbocycles. The molecule has 0 saturated heterocycles. The summed E-state index contributed by atoms with van der Waals surface area (Å²) >= 11 is 0. The predicted octanol–water partition coefficient (Wildman–Crippen LogP) is 2.77. The lowest BCUT2D eigenvalue weighted by Gasteiger charge is -1.99. The third-order valence-corrected chi connectivity index (χ3v) is 2.00. The Morgan fingerprint density at radius 1 is 1.21 bits per heavy atom. The molecule has 1 aromatic carbocycles. The van der Waals surface area contributed by atoms with Gasteiger partial charge >= 0.3 is 0 Å². The molecular formula is C12H8N2. The molecule has 0 spiro atoms. The number of fused-ring (bicyclic) bond motifs is 1. The van der Waals surface area contributed by atoms with Crippen LogP contribution in [0, 0.1) is 11.3 Å². The standard InChI is InChI=1S/C12H8N2/c13-8-2-6-10-4-1-5-11-7-3-9-14-12(10)11/h1-7,9H. The third-order valence-electron chi connectivity index (χ3n) is 2.00. The minimum atomic E-state index is 0.932. The number of nitrogens with zero attached hydrogens (tertiary/aromatic N) is 2. The van der Waals surface area contributed by atoms with Crippen LogP contribution in [-0.2, 0) is 0 Å². The number of allylic oxidation sites excluding steroid dienone is 1. The van der Waals surface area contributed by atoms with E-state index in [1.807, 2.05) is 36.4 Å². The average molecular weight is 180 g/mol. The van der Waals surface area contributed by atoms with E-state index in [0.717, 1.165) is 16.5 Å². The van der Waals surface area contributed by atoms with E-state index in [1.54, 1.807) is 12.3 Å². The number of rotatable bonds is 1. The minimum absolute atomic E-state index is 0.932. The zero-order valence-electron chi connectivity index (χ0n) is 7.51. The Morgan fingerprint density at radius 3 is 2.93 bits per heavy atom. The molecular weight excluding hydrogens is 172 g/mol. The second-order valence-corrected chi connectivity index (χ2v) is 2.88. The van der Waals surface area contributed by atoms with E-state index in [9.17, 15) is 0 Å². The molecule has 2 nitrogen and oxygen atoms in total. The van der Waals surface area contributed by atoms with Gasteiger partial charge < -0.3 is 0 Å². The maximum Gasteiger partial charge on any atom is 0.0912 e. The summed E-state index contributed by atoms with van der Waals surface area (Å²) in [5.41, 5.74) is 1.91. The van der Waals surface area contributed by atoms with Gasteiger partial charge in [-0.15, -0.1) is 0 Å². The van der Waals surface area contributed by atoms with Gasteiger partial charge in [0.05, 0.1) is 11.6 Å². The Morgan fingerprint density at radius 2 is 2.07 bits per heavy atom. The van der Waals surface area contributed by atoms with Crippen molar-refractivity contribution in [3.63, 3.8) is 0 Å². The molecule has 0 N–H and O–H groups in total. The fraction of sp³-hybridized carbons (Fsp3) is 0. The SMILES string of the molecule is N#CC=Cc1cccc2cccnc12. The summed E-state index contributed by atoms with van der Waals surface area (Å²) in [6.45, 7) is 0. The van der Waals surface area contributed by atoms with Gasteiger partial charge in [0, 0.05) is 23.2 Å². The molecule has 0 unspecified atom stereocenters. The van der Waals surface area contributed by atoms with Gasteiger partial charge in [0.2, 0.25) is 0 Å². The van der Waals surface area contributed by atoms with Gasteiger partial charge in [-0.1, -0.05) is 24.3 Å². The number of benzene rings is 1. The van der Waals surface area contributed by atoms with E-state index in [4.69, 9.17) is 5.26 Å². The fourth-order valence-corrected chi connectivity index (χ4v) is 1.39. The second-order valence-electron chi connectivity index (χ2n) is 2.88. The molecule has 0 atom stereocenters. The van der Waals surface area contributed by atoms with Gasteiger partial charge in [-0.05, 0) is 12.1 Å². The van der Waals surface area contributed by atoms with E-state index in [0.29, 0.717) is 0 Å². The van der Waals surface area contributed by atoms with Gasteiger partial charge in [0.1, 0.15) is 0 Å². The number of hydrogen-bond donors (Lipinski definition) is 0. The van der Waals surface area contributed by atoms with Crippen molar-refractivity contribution in [2.24, 2.45) is 0 Å². The Hall–Kier alpha value is -2.14. The van der Waals surface area contributed by atoms with Crippen LogP contribution in [0.2, 0.25) is 0 Å². The number of para-hydroxylation sites is 1. The van der Waals surface area contributed by atoms with Crippen LogP contribution in [0.1, 0.15) is 5.56 Å². The molecule has 2 rings (SSSR count). The summed E-state index contributed by atoms with van der Waals surface area (Å²) in [5.74, 6) is 0. The Kier molecular flexibility index (Phi) is 2.24. The highest BCUT2D eigenvalue weighted by Gasteiger charge is 1.96. The Labute approximate surface area is 82.1 Å². The summed E-state index contributed by atoms with van der Waals surface area (Å²) in [5, 5.41) is 9.53. The van der Waals surface area contributed by atoms with Crippen LogP contribution in [0.15, 0.2) is 42.6 Å². The van der Waals surface area contributed by atoms with Crippen molar-refractivity contribution in [3.05, 3.63) is 48.2 Å². The lowest BCUT2D eigenvalue weighted by molar-refractivity contribution is 1.41. The topological polar surface area (TPSA) is 36.7 Å². The summed E-state index contributed by atoms with van der Waals surface area (Å²) < 4.78 is 0. The Balaban J connectivity index is 2.66. The number of aromatic nitrogens is 1. The average Bonchev–Trinajstić information content (AvgIpc) is 2.26. The first-order valence-corrected chi connectivity index (χ1v) is 4.32. The first-order valence-electron chi connectivity index (χ1n) is 4.32. The van der Waals surface area contributed by atoms with E-state index >= 15 is 0 Å². The molecule has 0 bridgehead atoms. The van der Waals surface area contributed by atoms with E-state index in [1.165, 1.54) is 6.08 Å². The van der Waals surface area contributed by atoms with E-state index in [-0.39, 0.29) is 0 Å². The Bertz CT molecular complexity index is 516. The van der Waals surface area contributed by atoms with Crippen molar-refractivity contribution in [1.29, 1.82) is 5.26 Å². The van der Waals surface area contributed by atoms with Crippen molar-refractivity contribution >= 4 is 17.0 Å². The summed E-state index contributed by atoms with van der Waals surface area (Å²) in [4.78, 5) is 4.27. The molecule has 1 aromatic heterocycles. The van der Waals surface area contributed by atoms with Crippen LogP contribution in [-0.4, -0.2) is 4.98 Å². The maximum atomic E-state index is 8.44. The third kappa shape index (κ3) is 1.48. The first-order chi connectivity index (χ1) is 6.92. The zero-order valence-corrected chi connectivity index (χ0v) is 7.51. The largest absolute Gasteiger partial charge is 0.256 e. The monoisotopic (exact) mass is 180 g/mol. The molecule has 0 radical (unpaired) electrons. The summed E-state index contributed by atoms with van der Waals surface area (Å²) in [7, 11) is 0. The molecule has 0 aliphatic rings. The smallest absolute Gasteiger partial charge is 0.0912 e. The van der Waals surface area contributed by atoms with Gasteiger partial charge in [-0.25, -0.2) is 0 Å². The number of hydrogen-bond acceptors (Lipinski definition) is 2. The highest BCUT2D eigenvalue weighted by atomic mass is 14.6. The maximum absolute atomic E-state index is 8.44. The molecule has 66 valence electrons. The van der Waals surface area contributed by atoms with Crippen LogP contribution in [0.25, 0.3) is 17.0 Å². The lowest BCUT2D eigenvalue weighted by atomic mass is 10.1.